The molecule has 1 aromatic heterocycles. The van der Waals surface area contributed by atoms with Gasteiger partial charge in [-0.1, -0.05) is 25.1 Å². The fourth-order valence-corrected chi connectivity index (χ4v) is 2.71. The number of carbonyl (C=O) groups excluding carboxylic acids is 1. The number of alkyl halides is 3. The van der Waals surface area contributed by atoms with Crippen molar-refractivity contribution in [2.24, 2.45) is 0 Å². The lowest BCUT2D eigenvalue weighted by Gasteiger charge is -2.14. The molecule has 0 fully saturated rings. The number of benzene rings is 2. The molecule has 0 saturated carbocycles. The number of fused-ring (bicyclic) bond motifs is 1. The molecule has 134 valence electrons. The fourth-order valence-electron chi connectivity index (χ4n) is 2.71. The van der Waals surface area contributed by atoms with E-state index in [9.17, 15) is 27.6 Å². The van der Waals surface area contributed by atoms with E-state index in [0.29, 0.717) is 4.57 Å². The van der Waals surface area contributed by atoms with Crippen LogP contribution in [0, 0.1) is 0 Å². The topological polar surface area (TPSA) is 61.1 Å². The van der Waals surface area contributed by atoms with Gasteiger partial charge in [0.15, 0.2) is 0 Å². The van der Waals surface area contributed by atoms with Crippen molar-refractivity contribution in [1.29, 1.82) is 0 Å². The molecule has 2 aromatic carbocycles. The minimum atomic E-state index is -4.59. The first kappa shape index (κ1) is 17.7. The molecule has 3 rings (SSSR count). The number of aromatic nitrogens is 2. The van der Waals surface area contributed by atoms with Crippen molar-refractivity contribution in [1.82, 2.24) is 9.13 Å². The third-order valence-corrected chi connectivity index (χ3v) is 3.94. The molecule has 0 aliphatic carbocycles. The van der Waals surface area contributed by atoms with E-state index in [1.807, 2.05) is 0 Å². The Hall–Kier alpha value is -3.16. The van der Waals surface area contributed by atoms with Gasteiger partial charge in [-0.2, -0.15) is 17.7 Å². The highest BCUT2D eigenvalue weighted by atomic mass is 19.4. The van der Waals surface area contributed by atoms with Crippen LogP contribution in [0.3, 0.4) is 0 Å². The highest BCUT2D eigenvalue weighted by Gasteiger charge is 2.31. The summed E-state index contributed by atoms with van der Waals surface area (Å²) in [4.78, 5) is 37.4. The number of para-hydroxylation sites is 1. The molecule has 0 radical (unpaired) electrons. The monoisotopic (exact) mass is 362 g/mol. The van der Waals surface area contributed by atoms with Gasteiger partial charge in [-0.15, -0.1) is 0 Å². The van der Waals surface area contributed by atoms with Crippen molar-refractivity contribution in [3.8, 4) is 5.69 Å². The predicted molar refractivity (Wildman–Crippen MR) is 89.7 cm³/mol. The standard InChI is InChI=1S/C18H13F3N2O3/c1-2-15(24)23-16(25)13-8-3-4-9-14(13)22(17(23)26)12-7-5-6-11(10-12)18(19,20)21/h3-10H,2H2,1H3. The Kier molecular flexibility index (Phi) is 4.27. The van der Waals surface area contributed by atoms with E-state index in [0.717, 1.165) is 22.8 Å². The van der Waals surface area contributed by atoms with Crippen LogP contribution in [-0.2, 0) is 6.18 Å². The van der Waals surface area contributed by atoms with Gasteiger partial charge in [0.05, 0.1) is 22.2 Å². The molecule has 0 N–H and O–H groups in total. The Morgan fingerprint density at radius 1 is 1.04 bits per heavy atom. The summed E-state index contributed by atoms with van der Waals surface area (Å²) in [6, 6.07) is 10.1. The normalized spacial score (nSPS) is 11.7. The second-order valence-corrected chi connectivity index (χ2v) is 5.57. The lowest BCUT2D eigenvalue weighted by molar-refractivity contribution is -0.137. The molecule has 0 spiro atoms. The minimum Gasteiger partial charge on any atom is -0.274 e. The average Bonchev–Trinajstić information content (AvgIpc) is 2.61. The number of carbonyl (C=O) groups is 1. The summed E-state index contributed by atoms with van der Waals surface area (Å²) < 4.78 is 40.5. The Morgan fingerprint density at radius 2 is 1.73 bits per heavy atom. The van der Waals surface area contributed by atoms with Crippen molar-refractivity contribution in [3.05, 3.63) is 74.9 Å². The molecule has 5 nitrogen and oxygen atoms in total. The molecule has 8 heteroatoms. The SMILES string of the molecule is CCC(=O)n1c(=O)c2ccccc2n(-c2cccc(C(F)(F)F)c2)c1=O. The maximum Gasteiger partial charge on any atom is 0.416 e. The molecule has 0 saturated heterocycles. The average molecular weight is 362 g/mol. The highest BCUT2D eigenvalue weighted by molar-refractivity contribution is 5.85. The van der Waals surface area contributed by atoms with Crippen LogP contribution in [0.25, 0.3) is 16.6 Å². The van der Waals surface area contributed by atoms with Crippen LogP contribution in [-0.4, -0.2) is 15.0 Å². The first-order valence-electron chi connectivity index (χ1n) is 7.73. The van der Waals surface area contributed by atoms with Gasteiger partial charge >= 0.3 is 11.9 Å². The van der Waals surface area contributed by atoms with E-state index in [2.05, 4.69) is 0 Å². The number of rotatable bonds is 2. The summed E-state index contributed by atoms with van der Waals surface area (Å²) in [7, 11) is 0. The van der Waals surface area contributed by atoms with Gasteiger partial charge in [0.1, 0.15) is 0 Å². The lowest BCUT2D eigenvalue weighted by Crippen LogP contribution is -2.43. The Labute approximate surface area is 144 Å². The van der Waals surface area contributed by atoms with E-state index >= 15 is 0 Å². The number of nitrogens with zero attached hydrogens (tertiary/aromatic N) is 2. The van der Waals surface area contributed by atoms with Crippen molar-refractivity contribution < 1.29 is 18.0 Å². The van der Waals surface area contributed by atoms with Crippen LogP contribution in [0.2, 0.25) is 0 Å². The van der Waals surface area contributed by atoms with Crippen molar-refractivity contribution >= 4 is 16.8 Å². The molecule has 0 amide bonds. The fraction of sp³-hybridized carbons (Fsp3) is 0.167. The summed E-state index contributed by atoms with van der Waals surface area (Å²) in [5.74, 6) is -0.730. The van der Waals surface area contributed by atoms with Gasteiger partial charge in [-0.05, 0) is 30.3 Å². The summed E-state index contributed by atoms with van der Waals surface area (Å²) in [5.41, 5.74) is -2.69. The molecular weight excluding hydrogens is 349 g/mol. The third kappa shape index (κ3) is 2.83. The van der Waals surface area contributed by atoms with Gasteiger partial charge < -0.3 is 0 Å². The molecule has 0 atom stereocenters. The van der Waals surface area contributed by atoms with Crippen LogP contribution in [0.4, 0.5) is 13.2 Å². The number of hydrogen-bond acceptors (Lipinski definition) is 3. The van der Waals surface area contributed by atoms with Gasteiger partial charge in [-0.25, -0.2) is 4.79 Å². The maximum absolute atomic E-state index is 13.0. The summed E-state index contributed by atoms with van der Waals surface area (Å²) in [5, 5.41) is 0.0614. The van der Waals surface area contributed by atoms with Crippen LogP contribution in [0.5, 0.6) is 0 Å². The van der Waals surface area contributed by atoms with Crippen molar-refractivity contribution in [3.63, 3.8) is 0 Å². The van der Waals surface area contributed by atoms with Crippen LogP contribution < -0.4 is 11.2 Å². The molecule has 0 bridgehead atoms. The zero-order chi connectivity index (χ0) is 19.1. The molecule has 26 heavy (non-hydrogen) atoms. The summed E-state index contributed by atoms with van der Waals surface area (Å²) in [6.07, 6.45) is -4.70. The predicted octanol–water partition coefficient (Wildman–Crippen LogP) is 3.22. The van der Waals surface area contributed by atoms with Gasteiger partial charge in [-0.3, -0.25) is 14.2 Å². The Morgan fingerprint density at radius 3 is 2.38 bits per heavy atom. The third-order valence-electron chi connectivity index (χ3n) is 3.94. The Balaban J connectivity index is 2.46. The van der Waals surface area contributed by atoms with E-state index in [-0.39, 0.29) is 23.0 Å². The molecule has 0 aliphatic rings. The Bertz CT molecular complexity index is 1130. The van der Waals surface area contributed by atoms with E-state index < -0.39 is 28.9 Å². The second-order valence-electron chi connectivity index (χ2n) is 5.57. The molecule has 3 aromatic rings. The number of halogens is 3. The molecule has 0 unspecified atom stereocenters. The van der Waals surface area contributed by atoms with Crippen molar-refractivity contribution in [2.45, 2.75) is 19.5 Å². The minimum absolute atomic E-state index is 0.0614. The summed E-state index contributed by atoms with van der Waals surface area (Å²) >= 11 is 0. The molecule has 0 aliphatic heterocycles. The van der Waals surface area contributed by atoms with Crippen LogP contribution >= 0.6 is 0 Å². The first-order valence-corrected chi connectivity index (χ1v) is 7.73. The zero-order valence-corrected chi connectivity index (χ0v) is 13.6. The molecule has 1 heterocycles. The number of hydrogen-bond donors (Lipinski definition) is 0. The summed E-state index contributed by atoms with van der Waals surface area (Å²) in [6.45, 7) is 1.48. The van der Waals surface area contributed by atoms with Gasteiger partial charge in [0.25, 0.3) is 5.56 Å². The maximum atomic E-state index is 13.0. The smallest absolute Gasteiger partial charge is 0.274 e. The second kappa shape index (κ2) is 6.29. The van der Waals surface area contributed by atoms with E-state index in [4.69, 9.17) is 0 Å². The zero-order valence-electron chi connectivity index (χ0n) is 13.6. The van der Waals surface area contributed by atoms with Crippen molar-refractivity contribution in [2.75, 3.05) is 0 Å². The van der Waals surface area contributed by atoms with E-state index in [1.54, 1.807) is 12.1 Å². The lowest BCUT2D eigenvalue weighted by atomic mass is 10.1. The first-order chi connectivity index (χ1) is 12.3. The van der Waals surface area contributed by atoms with Gasteiger partial charge in [0.2, 0.25) is 5.91 Å². The quantitative estimate of drug-likeness (QED) is 0.703. The van der Waals surface area contributed by atoms with Crippen LogP contribution in [0.15, 0.2) is 58.1 Å². The molecular formula is C18H13F3N2O3. The highest BCUT2D eigenvalue weighted by Crippen LogP contribution is 2.30. The van der Waals surface area contributed by atoms with E-state index in [1.165, 1.54) is 25.1 Å². The van der Waals surface area contributed by atoms with Gasteiger partial charge in [0, 0.05) is 6.42 Å². The largest absolute Gasteiger partial charge is 0.416 e. The van der Waals surface area contributed by atoms with Crippen LogP contribution in [0.1, 0.15) is 23.7 Å².